The summed E-state index contributed by atoms with van der Waals surface area (Å²) in [5, 5.41) is 6.29. The average molecular weight is 233 g/mol. The molecule has 0 aromatic carbocycles. The number of aromatic nitrogens is 1. The monoisotopic (exact) mass is 233 g/mol. The van der Waals surface area contributed by atoms with Crippen LogP contribution in [0.15, 0.2) is 24.5 Å². The number of nitrogens with one attached hydrogen (secondary N) is 2. The third-order valence-corrected chi connectivity index (χ3v) is 3.02. The van der Waals surface area contributed by atoms with Crippen LogP contribution in [0.3, 0.4) is 0 Å². The van der Waals surface area contributed by atoms with Crippen LogP contribution in [0.5, 0.6) is 0 Å². The van der Waals surface area contributed by atoms with Gasteiger partial charge in [-0.1, -0.05) is 0 Å². The van der Waals surface area contributed by atoms with E-state index >= 15 is 0 Å². The van der Waals surface area contributed by atoms with Gasteiger partial charge in [-0.25, -0.2) is 0 Å². The molecule has 1 aliphatic rings. The van der Waals surface area contributed by atoms with Crippen molar-refractivity contribution >= 4 is 5.91 Å². The fourth-order valence-corrected chi connectivity index (χ4v) is 1.75. The summed E-state index contributed by atoms with van der Waals surface area (Å²) < 4.78 is 0. The van der Waals surface area contributed by atoms with Gasteiger partial charge >= 0.3 is 0 Å². The normalized spacial score (nSPS) is 18.5. The van der Waals surface area contributed by atoms with Crippen LogP contribution in [-0.4, -0.2) is 23.0 Å². The van der Waals surface area contributed by atoms with Gasteiger partial charge in [0, 0.05) is 24.5 Å². The third-order valence-electron chi connectivity index (χ3n) is 3.02. The standard InChI is InChI=1S/C13H19N3O/c1-9(11-5-7-14-8-6-11)15-10(2)13(17)16-12-3-4-12/h5-10,12,15H,3-4H2,1-2H3,(H,16,17)/t9-,10?/m0/s1. The molecular formula is C13H19N3O. The van der Waals surface area contributed by atoms with Crippen LogP contribution < -0.4 is 10.6 Å². The van der Waals surface area contributed by atoms with E-state index in [2.05, 4.69) is 22.5 Å². The fraction of sp³-hybridized carbons (Fsp3) is 0.538. The highest BCUT2D eigenvalue weighted by atomic mass is 16.2. The topological polar surface area (TPSA) is 54.0 Å². The lowest BCUT2D eigenvalue weighted by Crippen LogP contribution is -2.43. The molecule has 17 heavy (non-hydrogen) atoms. The lowest BCUT2D eigenvalue weighted by atomic mass is 10.1. The van der Waals surface area contributed by atoms with E-state index in [1.165, 1.54) is 0 Å². The van der Waals surface area contributed by atoms with Crippen molar-refractivity contribution in [3.63, 3.8) is 0 Å². The first-order chi connectivity index (χ1) is 8.16. The maximum absolute atomic E-state index is 11.8. The summed E-state index contributed by atoms with van der Waals surface area (Å²) in [5.74, 6) is 0.0911. The van der Waals surface area contributed by atoms with Gasteiger partial charge < -0.3 is 5.32 Å². The van der Waals surface area contributed by atoms with Crippen LogP contribution in [0.1, 0.15) is 38.3 Å². The molecule has 2 N–H and O–H groups in total. The summed E-state index contributed by atoms with van der Waals surface area (Å²) in [6.07, 6.45) is 5.78. The number of pyridine rings is 1. The molecule has 0 aliphatic heterocycles. The Bertz CT molecular complexity index is 376. The van der Waals surface area contributed by atoms with E-state index in [4.69, 9.17) is 0 Å². The Hall–Kier alpha value is -1.42. The Morgan fingerprint density at radius 2 is 2.00 bits per heavy atom. The first-order valence-corrected chi connectivity index (χ1v) is 6.13. The third kappa shape index (κ3) is 3.53. The molecular weight excluding hydrogens is 214 g/mol. The highest BCUT2D eigenvalue weighted by molar-refractivity contribution is 5.81. The molecule has 1 heterocycles. The molecule has 0 bridgehead atoms. The number of carbonyl (C=O) groups is 1. The van der Waals surface area contributed by atoms with Crippen molar-refractivity contribution < 1.29 is 4.79 Å². The Labute approximate surface area is 102 Å². The largest absolute Gasteiger partial charge is 0.352 e. The summed E-state index contributed by atoms with van der Waals surface area (Å²) in [6, 6.07) is 4.33. The molecule has 1 saturated carbocycles. The molecule has 1 aliphatic carbocycles. The van der Waals surface area contributed by atoms with Crippen LogP contribution in [0.4, 0.5) is 0 Å². The van der Waals surface area contributed by atoms with Gasteiger partial charge in [-0.2, -0.15) is 0 Å². The van der Waals surface area contributed by atoms with Crippen molar-refractivity contribution in [2.24, 2.45) is 0 Å². The lowest BCUT2D eigenvalue weighted by Gasteiger charge is -2.19. The Kier molecular flexibility index (Phi) is 3.74. The van der Waals surface area contributed by atoms with E-state index in [9.17, 15) is 4.79 Å². The van der Waals surface area contributed by atoms with E-state index in [-0.39, 0.29) is 18.0 Å². The Balaban J connectivity index is 1.84. The summed E-state index contributed by atoms with van der Waals surface area (Å²) >= 11 is 0. The zero-order valence-corrected chi connectivity index (χ0v) is 10.3. The highest BCUT2D eigenvalue weighted by Crippen LogP contribution is 2.19. The first kappa shape index (κ1) is 12.0. The molecule has 0 saturated heterocycles. The SMILES string of the molecule is CC(N[C@@H](C)c1ccncc1)C(=O)NC1CC1. The second-order valence-electron chi connectivity index (χ2n) is 4.67. The van der Waals surface area contributed by atoms with Crippen molar-refractivity contribution in [2.75, 3.05) is 0 Å². The Morgan fingerprint density at radius 1 is 1.35 bits per heavy atom. The second-order valence-corrected chi connectivity index (χ2v) is 4.67. The van der Waals surface area contributed by atoms with Crippen molar-refractivity contribution in [1.29, 1.82) is 0 Å². The molecule has 1 amide bonds. The van der Waals surface area contributed by atoms with Crippen molar-refractivity contribution in [3.8, 4) is 0 Å². The number of nitrogens with zero attached hydrogens (tertiary/aromatic N) is 1. The number of hydrogen-bond donors (Lipinski definition) is 2. The molecule has 92 valence electrons. The van der Waals surface area contributed by atoms with Crippen LogP contribution >= 0.6 is 0 Å². The van der Waals surface area contributed by atoms with Gasteiger partial charge in [-0.05, 0) is 44.4 Å². The van der Waals surface area contributed by atoms with Gasteiger partial charge in [0.25, 0.3) is 0 Å². The summed E-state index contributed by atoms with van der Waals surface area (Å²) in [7, 11) is 0. The summed E-state index contributed by atoms with van der Waals surface area (Å²) in [6.45, 7) is 3.95. The molecule has 4 heteroatoms. The second kappa shape index (κ2) is 5.27. The minimum atomic E-state index is -0.168. The van der Waals surface area contributed by atoms with Crippen molar-refractivity contribution in [1.82, 2.24) is 15.6 Å². The van der Waals surface area contributed by atoms with E-state index in [1.807, 2.05) is 19.1 Å². The highest BCUT2D eigenvalue weighted by Gasteiger charge is 2.26. The number of hydrogen-bond acceptors (Lipinski definition) is 3. The van der Waals surface area contributed by atoms with E-state index in [1.54, 1.807) is 12.4 Å². The summed E-state index contributed by atoms with van der Waals surface area (Å²) in [4.78, 5) is 15.8. The average Bonchev–Trinajstić information content (AvgIpc) is 3.14. The predicted molar refractivity (Wildman–Crippen MR) is 66.4 cm³/mol. The van der Waals surface area contributed by atoms with Crippen LogP contribution in [0.25, 0.3) is 0 Å². The molecule has 2 rings (SSSR count). The predicted octanol–water partition coefficient (Wildman–Crippen LogP) is 1.40. The molecule has 1 aromatic rings. The van der Waals surface area contributed by atoms with E-state index < -0.39 is 0 Å². The van der Waals surface area contributed by atoms with Crippen LogP contribution in [-0.2, 0) is 4.79 Å². The number of rotatable bonds is 5. The maximum Gasteiger partial charge on any atom is 0.237 e. The molecule has 1 fully saturated rings. The van der Waals surface area contributed by atoms with Gasteiger partial charge in [0.1, 0.15) is 0 Å². The first-order valence-electron chi connectivity index (χ1n) is 6.13. The number of amides is 1. The molecule has 4 nitrogen and oxygen atoms in total. The minimum absolute atomic E-state index is 0.0911. The van der Waals surface area contributed by atoms with E-state index in [0.717, 1.165) is 18.4 Å². The van der Waals surface area contributed by atoms with Gasteiger partial charge in [0.2, 0.25) is 5.91 Å². The lowest BCUT2D eigenvalue weighted by molar-refractivity contribution is -0.123. The Morgan fingerprint density at radius 3 is 2.59 bits per heavy atom. The molecule has 0 spiro atoms. The van der Waals surface area contributed by atoms with Gasteiger partial charge in [-0.15, -0.1) is 0 Å². The van der Waals surface area contributed by atoms with Crippen molar-refractivity contribution in [2.45, 2.75) is 44.8 Å². The molecule has 1 aromatic heterocycles. The number of carbonyl (C=O) groups excluding carboxylic acids is 1. The van der Waals surface area contributed by atoms with Gasteiger partial charge in [0.05, 0.1) is 6.04 Å². The van der Waals surface area contributed by atoms with Crippen LogP contribution in [0, 0.1) is 0 Å². The van der Waals surface area contributed by atoms with Crippen molar-refractivity contribution in [3.05, 3.63) is 30.1 Å². The van der Waals surface area contributed by atoms with E-state index in [0.29, 0.717) is 6.04 Å². The molecule has 1 unspecified atom stereocenters. The molecule has 0 radical (unpaired) electrons. The summed E-state index contributed by atoms with van der Waals surface area (Å²) in [5.41, 5.74) is 1.14. The fourth-order valence-electron chi connectivity index (χ4n) is 1.75. The zero-order chi connectivity index (χ0) is 12.3. The zero-order valence-electron chi connectivity index (χ0n) is 10.3. The quantitative estimate of drug-likeness (QED) is 0.808. The van der Waals surface area contributed by atoms with Gasteiger partial charge in [0.15, 0.2) is 0 Å². The van der Waals surface area contributed by atoms with Gasteiger partial charge in [-0.3, -0.25) is 15.1 Å². The minimum Gasteiger partial charge on any atom is -0.352 e. The maximum atomic E-state index is 11.8. The smallest absolute Gasteiger partial charge is 0.237 e. The van der Waals surface area contributed by atoms with Crippen LogP contribution in [0.2, 0.25) is 0 Å². The molecule has 2 atom stereocenters.